The van der Waals surface area contributed by atoms with Crippen LogP contribution in [-0.4, -0.2) is 11.8 Å². The number of para-hydroxylation sites is 3. The molecule has 5 heteroatoms. The SMILES string of the molecule is O=C1c2c3c(c4c(c2C(=O)N1c1ccccc1)CCc1cc(Oc2ccccc2)ccc1-4)-c1ccc(Oc2ccccc2)cc1CC3. The summed E-state index contributed by atoms with van der Waals surface area (Å²) in [6, 6.07) is 41.3. The van der Waals surface area contributed by atoms with Gasteiger partial charge in [0.2, 0.25) is 0 Å². The molecule has 0 atom stereocenters. The molecule has 0 saturated heterocycles. The number of aryl methyl sites for hydroxylation is 2. The van der Waals surface area contributed by atoms with Gasteiger partial charge in [0, 0.05) is 0 Å². The summed E-state index contributed by atoms with van der Waals surface area (Å²) in [5.74, 6) is 2.65. The molecule has 0 aromatic heterocycles. The van der Waals surface area contributed by atoms with Crippen molar-refractivity contribution in [2.45, 2.75) is 25.7 Å². The Bertz CT molecular complexity index is 2090. The van der Waals surface area contributed by atoms with Gasteiger partial charge in [-0.15, -0.1) is 0 Å². The van der Waals surface area contributed by atoms with Gasteiger partial charge in [-0.3, -0.25) is 9.59 Å². The normalized spacial score (nSPS) is 14.1. The Kier molecular flexibility index (Phi) is 6.32. The largest absolute Gasteiger partial charge is 0.457 e. The molecule has 0 bridgehead atoms. The van der Waals surface area contributed by atoms with Crippen LogP contribution in [0.2, 0.25) is 0 Å². The van der Waals surface area contributed by atoms with E-state index in [4.69, 9.17) is 9.47 Å². The summed E-state index contributed by atoms with van der Waals surface area (Å²) in [6.45, 7) is 0. The van der Waals surface area contributed by atoms with Crippen LogP contribution in [0.5, 0.6) is 23.0 Å². The monoisotopic (exact) mass is 611 g/mol. The number of amides is 2. The number of nitrogens with zero attached hydrogens (tertiary/aromatic N) is 1. The number of fused-ring (bicyclic) bond motifs is 10. The van der Waals surface area contributed by atoms with Crippen molar-refractivity contribution in [3.63, 3.8) is 0 Å². The number of ether oxygens (including phenoxy) is 2. The van der Waals surface area contributed by atoms with Crippen LogP contribution in [0.1, 0.15) is 43.0 Å². The molecule has 1 heterocycles. The van der Waals surface area contributed by atoms with Crippen LogP contribution in [0.25, 0.3) is 22.3 Å². The molecule has 0 N–H and O–H groups in total. The average molecular weight is 612 g/mol. The molecule has 2 aliphatic carbocycles. The van der Waals surface area contributed by atoms with E-state index in [1.807, 2.05) is 103 Å². The molecule has 9 rings (SSSR count). The lowest BCUT2D eigenvalue weighted by atomic mass is 9.72. The van der Waals surface area contributed by atoms with E-state index >= 15 is 0 Å². The first-order valence-corrected chi connectivity index (χ1v) is 16.0. The topological polar surface area (TPSA) is 55.8 Å². The zero-order valence-corrected chi connectivity index (χ0v) is 25.5. The fourth-order valence-electron chi connectivity index (χ4n) is 7.48. The number of hydrogen-bond acceptors (Lipinski definition) is 4. The standard InChI is InChI=1S/C42H29NO4/c44-41-39-35-20-16-26-24-31(46-29-12-6-2-7-13-29)18-22-33(26)37(35)38-34-23-19-32(47-30-14-8-3-9-15-30)25-27(34)17-21-36(38)40(39)42(45)43(41)28-10-4-1-5-11-28/h1-15,18-19,22-25H,16-17,20-21H2. The molecule has 1 aliphatic heterocycles. The second kappa shape index (κ2) is 10.8. The summed E-state index contributed by atoms with van der Waals surface area (Å²) >= 11 is 0. The van der Waals surface area contributed by atoms with E-state index in [1.54, 1.807) is 0 Å². The second-order valence-electron chi connectivity index (χ2n) is 12.2. The first-order valence-electron chi connectivity index (χ1n) is 16.0. The quantitative estimate of drug-likeness (QED) is 0.182. The number of imide groups is 1. The molecular formula is C42H29NO4. The van der Waals surface area contributed by atoms with Crippen molar-refractivity contribution >= 4 is 17.5 Å². The van der Waals surface area contributed by atoms with Crippen molar-refractivity contribution in [1.82, 2.24) is 0 Å². The molecule has 6 aromatic rings. The van der Waals surface area contributed by atoms with Crippen molar-refractivity contribution in [3.8, 4) is 45.3 Å². The first-order chi connectivity index (χ1) is 23.1. The highest BCUT2D eigenvalue weighted by Gasteiger charge is 2.44. The summed E-state index contributed by atoms with van der Waals surface area (Å²) < 4.78 is 12.4. The molecule has 0 unspecified atom stereocenters. The Morgan fingerprint density at radius 2 is 0.851 bits per heavy atom. The Balaban J connectivity index is 1.23. The van der Waals surface area contributed by atoms with E-state index in [9.17, 15) is 9.59 Å². The minimum absolute atomic E-state index is 0.236. The molecule has 0 saturated carbocycles. The fourth-order valence-corrected chi connectivity index (χ4v) is 7.48. The van der Waals surface area contributed by atoms with Crippen molar-refractivity contribution < 1.29 is 19.1 Å². The lowest BCUT2D eigenvalue weighted by molar-refractivity contribution is 0.0925. The molecule has 0 spiro atoms. The van der Waals surface area contributed by atoms with E-state index in [2.05, 4.69) is 24.3 Å². The summed E-state index contributed by atoms with van der Waals surface area (Å²) in [5.41, 5.74) is 10.3. The summed E-state index contributed by atoms with van der Waals surface area (Å²) in [4.78, 5) is 29.9. The van der Waals surface area contributed by atoms with Gasteiger partial charge in [-0.25, -0.2) is 4.90 Å². The highest BCUT2D eigenvalue weighted by Crippen LogP contribution is 2.52. The number of carbonyl (C=O) groups excluding carboxylic acids is 2. The molecule has 47 heavy (non-hydrogen) atoms. The van der Waals surface area contributed by atoms with Crippen LogP contribution in [0, 0.1) is 0 Å². The van der Waals surface area contributed by atoms with Crippen molar-refractivity contribution in [1.29, 1.82) is 0 Å². The third-order valence-electron chi connectivity index (χ3n) is 9.49. The van der Waals surface area contributed by atoms with Gasteiger partial charge in [-0.05, 0) is 131 Å². The van der Waals surface area contributed by atoms with Gasteiger partial charge in [-0.1, -0.05) is 66.7 Å². The number of hydrogen-bond donors (Lipinski definition) is 0. The Hall–Kier alpha value is -5.94. The highest BCUT2D eigenvalue weighted by atomic mass is 16.5. The molecule has 0 radical (unpaired) electrons. The Morgan fingerprint density at radius 1 is 0.426 bits per heavy atom. The molecule has 3 aliphatic rings. The van der Waals surface area contributed by atoms with Gasteiger partial charge in [0.25, 0.3) is 11.8 Å². The smallest absolute Gasteiger partial charge is 0.266 e. The maximum atomic E-state index is 14.3. The first kappa shape index (κ1) is 27.4. The van der Waals surface area contributed by atoms with Crippen molar-refractivity contribution in [2.24, 2.45) is 0 Å². The predicted molar refractivity (Wildman–Crippen MR) is 183 cm³/mol. The van der Waals surface area contributed by atoms with Crippen molar-refractivity contribution in [3.05, 3.63) is 161 Å². The fraction of sp³-hybridized carbons (Fsp3) is 0.0952. The third kappa shape index (κ3) is 4.46. The van der Waals surface area contributed by atoms with Gasteiger partial charge >= 0.3 is 0 Å². The van der Waals surface area contributed by atoms with Crippen molar-refractivity contribution in [2.75, 3.05) is 4.90 Å². The van der Waals surface area contributed by atoms with Crippen LogP contribution in [0.4, 0.5) is 5.69 Å². The van der Waals surface area contributed by atoms with E-state index in [0.717, 1.165) is 69.2 Å². The number of anilines is 1. The van der Waals surface area contributed by atoms with E-state index in [0.29, 0.717) is 29.7 Å². The van der Waals surface area contributed by atoms with E-state index in [-0.39, 0.29) is 11.8 Å². The van der Waals surface area contributed by atoms with Gasteiger partial charge in [0.1, 0.15) is 23.0 Å². The average Bonchev–Trinajstić information content (AvgIpc) is 3.38. The zero-order chi connectivity index (χ0) is 31.5. The summed E-state index contributed by atoms with van der Waals surface area (Å²) in [6.07, 6.45) is 2.78. The molecule has 2 amide bonds. The van der Waals surface area contributed by atoms with Crippen LogP contribution < -0.4 is 14.4 Å². The Morgan fingerprint density at radius 3 is 1.30 bits per heavy atom. The van der Waals surface area contributed by atoms with Gasteiger partial charge in [0.05, 0.1) is 16.8 Å². The molecule has 5 nitrogen and oxygen atoms in total. The van der Waals surface area contributed by atoms with E-state index < -0.39 is 0 Å². The Labute approximate surface area is 272 Å². The predicted octanol–water partition coefficient (Wildman–Crippen LogP) is 9.60. The molecule has 6 aromatic carbocycles. The van der Waals surface area contributed by atoms with Gasteiger partial charge in [0.15, 0.2) is 0 Å². The molecule has 226 valence electrons. The second-order valence-corrected chi connectivity index (χ2v) is 12.2. The molecular weight excluding hydrogens is 582 g/mol. The lowest BCUT2D eigenvalue weighted by Crippen LogP contribution is -2.29. The maximum absolute atomic E-state index is 14.3. The van der Waals surface area contributed by atoms with Crippen LogP contribution in [0.3, 0.4) is 0 Å². The minimum Gasteiger partial charge on any atom is -0.457 e. The maximum Gasteiger partial charge on any atom is 0.266 e. The molecule has 0 fully saturated rings. The van der Waals surface area contributed by atoms with E-state index in [1.165, 1.54) is 16.0 Å². The number of benzene rings is 6. The summed E-state index contributed by atoms with van der Waals surface area (Å²) in [7, 11) is 0. The number of rotatable bonds is 5. The third-order valence-corrected chi connectivity index (χ3v) is 9.49. The highest BCUT2D eigenvalue weighted by molar-refractivity contribution is 6.36. The lowest BCUT2D eigenvalue weighted by Gasteiger charge is -2.31. The zero-order valence-electron chi connectivity index (χ0n) is 25.5. The minimum atomic E-state index is -0.236. The summed E-state index contributed by atoms with van der Waals surface area (Å²) in [5, 5.41) is 0. The number of carbonyl (C=O) groups is 2. The van der Waals surface area contributed by atoms with Crippen LogP contribution >= 0.6 is 0 Å². The van der Waals surface area contributed by atoms with Gasteiger partial charge in [-0.2, -0.15) is 0 Å². The van der Waals surface area contributed by atoms with Crippen LogP contribution in [-0.2, 0) is 25.7 Å². The van der Waals surface area contributed by atoms with Crippen LogP contribution in [0.15, 0.2) is 127 Å². The van der Waals surface area contributed by atoms with Gasteiger partial charge < -0.3 is 9.47 Å².